The Hall–Kier alpha value is -2.07. The van der Waals surface area contributed by atoms with Crippen molar-refractivity contribution in [1.29, 1.82) is 0 Å². The minimum Gasteiger partial charge on any atom is -0.465 e. The third-order valence-corrected chi connectivity index (χ3v) is 4.68. The Morgan fingerprint density at radius 2 is 1.91 bits per heavy atom. The molecule has 0 aromatic heterocycles. The first-order chi connectivity index (χ1) is 10.8. The number of ether oxygens (including phenoxy) is 1. The number of hydrogen-bond acceptors (Lipinski definition) is 4. The maximum Gasteiger partial charge on any atom is 0.325 e. The van der Waals surface area contributed by atoms with E-state index in [4.69, 9.17) is 9.73 Å². The highest BCUT2D eigenvalue weighted by Crippen LogP contribution is 2.33. The molecule has 0 saturated carbocycles. The highest BCUT2D eigenvalue weighted by molar-refractivity contribution is 8.00. The van der Waals surface area contributed by atoms with Crippen LogP contribution in [0.15, 0.2) is 59.6 Å². The van der Waals surface area contributed by atoms with Gasteiger partial charge in [-0.3, -0.25) is 9.79 Å². The molecular formula is C18H17NO2S. The van der Waals surface area contributed by atoms with Gasteiger partial charge in [-0.1, -0.05) is 48.5 Å². The second-order valence-electron chi connectivity index (χ2n) is 4.93. The van der Waals surface area contributed by atoms with Crippen LogP contribution in [0.3, 0.4) is 0 Å². The van der Waals surface area contributed by atoms with Crippen molar-refractivity contribution in [1.82, 2.24) is 0 Å². The first-order valence-electron chi connectivity index (χ1n) is 7.29. The van der Waals surface area contributed by atoms with Crippen molar-refractivity contribution in [3.63, 3.8) is 0 Å². The monoisotopic (exact) mass is 311 g/mol. The third-order valence-electron chi connectivity index (χ3n) is 3.46. The summed E-state index contributed by atoms with van der Waals surface area (Å²) in [5.41, 5.74) is 3.81. The molecule has 4 heteroatoms. The fraction of sp³-hybridized carbons (Fsp3) is 0.222. The zero-order chi connectivity index (χ0) is 15.4. The zero-order valence-electron chi connectivity index (χ0n) is 12.4. The van der Waals surface area contributed by atoms with E-state index in [1.807, 2.05) is 55.5 Å². The van der Waals surface area contributed by atoms with Gasteiger partial charge in [0.15, 0.2) is 0 Å². The average molecular weight is 311 g/mol. The van der Waals surface area contributed by atoms with E-state index in [9.17, 15) is 4.79 Å². The minimum absolute atomic E-state index is 0.220. The largest absolute Gasteiger partial charge is 0.465 e. The molecule has 22 heavy (non-hydrogen) atoms. The molecule has 0 aliphatic carbocycles. The summed E-state index contributed by atoms with van der Waals surface area (Å²) in [5.74, 6) is 0.530. The number of fused-ring (bicyclic) bond motifs is 1. The van der Waals surface area contributed by atoms with Crippen LogP contribution in [0.2, 0.25) is 0 Å². The van der Waals surface area contributed by atoms with E-state index in [2.05, 4.69) is 6.07 Å². The Morgan fingerprint density at radius 1 is 1.18 bits per heavy atom. The highest BCUT2D eigenvalue weighted by atomic mass is 32.2. The van der Waals surface area contributed by atoms with Crippen LogP contribution in [-0.2, 0) is 15.3 Å². The lowest BCUT2D eigenvalue weighted by Crippen LogP contribution is -2.29. The number of carbonyl (C=O) groups excluding carboxylic acids is 1. The van der Waals surface area contributed by atoms with Crippen LogP contribution in [0.4, 0.5) is 5.69 Å². The summed E-state index contributed by atoms with van der Waals surface area (Å²) >= 11 is 1.57. The van der Waals surface area contributed by atoms with Crippen molar-refractivity contribution >= 4 is 29.1 Å². The van der Waals surface area contributed by atoms with Crippen LogP contribution >= 0.6 is 11.8 Å². The fourth-order valence-electron chi connectivity index (χ4n) is 2.40. The van der Waals surface area contributed by atoms with E-state index < -0.39 is 5.25 Å². The number of hydrogen-bond donors (Lipinski definition) is 0. The van der Waals surface area contributed by atoms with Crippen molar-refractivity contribution < 1.29 is 9.53 Å². The standard InChI is InChI=1S/C18H17NO2S/c1-2-21-18(20)17-16(13-8-4-3-5-9-13)19-15-11-7-6-10-14(15)12-22-17/h3-11,17H,2,12H2,1H3/t17-/m0/s1. The van der Waals surface area contributed by atoms with Crippen molar-refractivity contribution in [2.45, 2.75) is 17.9 Å². The molecule has 0 spiro atoms. The van der Waals surface area contributed by atoms with Crippen LogP contribution in [0.5, 0.6) is 0 Å². The Kier molecular flexibility index (Phi) is 4.59. The third kappa shape index (κ3) is 3.07. The maximum atomic E-state index is 12.4. The van der Waals surface area contributed by atoms with Crippen LogP contribution < -0.4 is 0 Å². The molecule has 0 N–H and O–H groups in total. The molecule has 2 aromatic carbocycles. The van der Waals surface area contributed by atoms with Gasteiger partial charge in [-0.05, 0) is 24.1 Å². The topological polar surface area (TPSA) is 38.7 Å². The van der Waals surface area contributed by atoms with Gasteiger partial charge < -0.3 is 4.74 Å². The van der Waals surface area contributed by atoms with E-state index in [-0.39, 0.29) is 5.97 Å². The Balaban J connectivity index is 2.07. The average Bonchev–Trinajstić information content (AvgIpc) is 2.75. The van der Waals surface area contributed by atoms with E-state index in [0.29, 0.717) is 6.61 Å². The van der Waals surface area contributed by atoms with Crippen LogP contribution in [0.1, 0.15) is 18.1 Å². The van der Waals surface area contributed by atoms with Crippen molar-refractivity contribution in [2.75, 3.05) is 6.61 Å². The molecular weight excluding hydrogens is 294 g/mol. The van der Waals surface area contributed by atoms with Gasteiger partial charge in [-0.2, -0.15) is 0 Å². The number of aliphatic imine (C=N–C) groups is 1. The number of para-hydroxylation sites is 1. The summed E-state index contributed by atoms with van der Waals surface area (Å²) < 4.78 is 5.25. The lowest BCUT2D eigenvalue weighted by molar-refractivity contribution is -0.141. The normalized spacial score (nSPS) is 17.1. The molecule has 0 amide bonds. The summed E-state index contributed by atoms with van der Waals surface area (Å²) in [5, 5.41) is -0.394. The summed E-state index contributed by atoms with van der Waals surface area (Å²) in [6.45, 7) is 2.21. The van der Waals surface area contributed by atoms with Crippen molar-refractivity contribution in [2.24, 2.45) is 4.99 Å². The quantitative estimate of drug-likeness (QED) is 0.805. The Morgan fingerprint density at radius 3 is 2.68 bits per heavy atom. The SMILES string of the molecule is CCOC(=O)[C@H]1SCc2ccccc2N=C1c1ccccc1. The van der Waals surface area contributed by atoms with E-state index in [0.717, 1.165) is 28.3 Å². The van der Waals surface area contributed by atoms with Gasteiger partial charge in [-0.15, -0.1) is 11.8 Å². The minimum atomic E-state index is -0.394. The summed E-state index contributed by atoms with van der Waals surface area (Å²) in [7, 11) is 0. The number of nitrogens with zero attached hydrogens (tertiary/aromatic N) is 1. The first-order valence-corrected chi connectivity index (χ1v) is 8.34. The predicted molar refractivity (Wildman–Crippen MR) is 90.8 cm³/mol. The lowest BCUT2D eigenvalue weighted by Gasteiger charge is -2.15. The predicted octanol–water partition coefficient (Wildman–Crippen LogP) is 3.99. The van der Waals surface area contributed by atoms with Gasteiger partial charge in [-0.25, -0.2) is 0 Å². The molecule has 1 aliphatic heterocycles. The molecule has 1 atom stereocenters. The second kappa shape index (κ2) is 6.79. The molecule has 0 fully saturated rings. The Bertz CT molecular complexity index is 697. The number of esters is 1. The van der Waals surface area contributed by atoms with Crippen molar-refractivity contribution in [3.05, 3.63) is 65.7 Å². The molecule has 1 heterocycles. The number of rotatable bonds is 3. The van der Waals surface area contributed by atoms with Gasteiger partial charge in [0.05, 0.1) is 18.0 Å². The van der Waals surface area contributed by atoms with Gasteiger partial charge in [0.2, 0.25) is 0 Å². The molecule has 0 bridgehead atoms. The molecule has 1 aliphatic rings. The number of benzene rings is 2. The van der Waals surface area contributed by atoms with E-state index in [1.165, 1.54) is 0 Å². The molecule has 2 aromatic rings. The second-order valence-corrected chi connectivity index (χ2v) is 6.03. The summed E-state index contributed by atoms with van der Waals surface area (Å²) in [6.07, 6.45) is 0. The molecule has 0 radical (unpaired) electrons. The van der Waals surface area contributed by atoms with Crippen LogP contribution in [-0.4, -0.2) is 23.5 Å². The summed E-state index contributed by atoms with van der Waals surface area (Å²) in [6, 6.07) is 17.9. The lowest BCUT2D eigenvalue weighted by atomic mass is 10.1. The molecule has 3 nitrogen and oxygen atoms in total. The van der Waals surface area contributed by atoms with Gasteiger partial charge in [0.1, 0.15) is 5.25 Å². The van der Waals surface area contributed by atoms with E-state index >= 15 is 0 Å². The summed E-state index contributed by atoms with van der Waals surface area (Å²) in [4.78, 5) is 17.2. The fourth-order valence-corrected chi connectivity index (χ4v) is 3.55. The molecule has 0 saturated heterocycles. The molecule has 3 rings (SSSR count). The maximum absolute atomic E-state index is 12.4. The van der Waals surface area contributed by atoms with Gasteiger partial charge in [0.25, 0.3) is 0 Å². The van der Waals surface area contributed by atoms with Crippen molar-refractivity contribution in [3.8, 4) is 0 Å². The molecule has 0 unspecified atom stereocenters. The number of carbonyl (C=O) groups is 1. The van der Waals surface area contributed by atoms with Crippen LogP contribution in [0.25, 0.3) is 0 Å². The van der Waals surface area contributed by atoms with E-state index in [1.54, 1.807) is 11.8 Å². The van der Waals surface area contributed by atoms with Crippen LogP contribution in [0, 0.1) is 0 Å². The first kappa shape index (κ1) is 14.9. The van der Waals surface area contributed by atoms with Gasteiger partial charge >= 0.3 is 5.97 Å². The smallest absolute Gasteiger partial charge is 0.325 e. The zero-order valence-corrected chi connectivity index (χ0v) is 13.2. The number of thioether (sulfide) groups is 1. The Labute approximate surface area is 134 Å². The highest BCUT2D eigenvalue weighted by Gasteiger charge is 2.30. The molecule has 112 valence electrons. The van der Waals surface area contributed by atoms with Gasteiger partial charge in [0, 0.05) is 5.75 Å².